The van der Waals surface area contributed by atoms with E-state index in [4.69, 9.17) is 6.85 Å². The Morgan fingerprint density at radius 2 is 0.710 bits per heavy atom. The summed E-state index contributed by atoms with van der Waals surface area (Å²) in [6.45, 7) is 0. The summed E-state index contributed by atoms with van der Waals surface area (Å²) >= 11 is 0. The number of aromatic nitrogens is 2. The van der Waals surface area contributed by atoms with Gasteiger partial charge in [0.15, 0.2) is 8.07 Å². The van der Waals surface area contributed by atoms with Gasteiger partial charge in [-0.05, 0) is 85.5 Å². The molecule has 0 bridgehead atoms. The van der Waals surface area contributed by atoms with Crippen molar-refractivity contribution in [1.82, 2.24) is 9.13 Å². The Morgan fingerprint density at radius 1 is 0.290 bits per heavy atom. The molecular weight excluding hydrogens is 849 g/mol. The summed E-state index contributed by atoms with van der Waals surface area (Å²) in [6.07, 6.45) is 0. The fourth-order valence-electron chi connectivity index (χ4n) is 11.0. The maximum Gasteiger partial charge on any atom is 0.179 e. The third-order valence-corrected chi connectivity index (χ3v) is 18.7. The molecule has 0 aliphatic rings. The lowest BCUT2D eigenvalue weighted by Crippen LogP contribution is -2.74. The molecule has 0 unspecified atom stereocenters. The number of fused-ring (bicyclic) bond motifs is 6. The summed E-state index contributed by atoms with van der Waals surface area (Å²) in [7, 11) is -3.09. The second-order valence-electron chi connectivity index (χ2n) is 17.6. The minimum atomic E-state index is -3.09. The molecule has 0 aliphatic heterocycles. The molecule has 324 valence electrons. The zero-order valence-corrected chi connectivity index (χ0v) is 38.6. The Bertz CT molecular complexity index is 4050. The third-order valence-electron chi connectivity index (χ3n) is 13.9. The molecule has 0 spiro atoms. The van der Waals surface area contributed by atoms with Crippen LogP contribution in [0.3, 0.4) is 0 Å². The average Bonchev–Trinajstić information content (AvgIpc) is 3.98. The van der Waals surface area contributed by atoms with Gasteiger partial charge < -0.3 is 9.13 Å². The smallest absolute Gasteiger partial charge is 0.179 e. The lowest BCUT2D eigenvalue weighted by Gasteiger charge is -2.36. The normalized spacial score (nSPS) is 12.8. The first kappa shape index (κ1) is 35.4. The lowest BCUT2D eigenvalue weighted by molar-refractivity contribution is 1.17. The van der Waals surface area contributed by atoms with Crippen LogP contribution in [0.5, 0.6) is 0 Å². The van der Waals surface area contributed by atoms with E-state index in [-0.39, 0.29) is 29.7 Å². The van der Waals surface area contributed by atoms with E-state index in [2.05, 4.69) is 246 Å². The third kappa shape index (κ3) is 6.62. The van der Waals surface area contributed by atoms with E-state index < -0.39 is 14.1 Å². The van der Waals surface area contributed by atoms with Gasteiger partial charge >= 0.3 is 0 Å². The van der Waals surface area contributed by atoms with Crippen molar-refractivity contribution in [3.8, 4) is 44.8 Å². The Balaban J connectivity index is 1.19. The zero-order chi connectivity index (χ0) is 50.1. The Morgan fingerprint density at radius 3 is 1.22 bits per heavy atom. The molecule has 0 saturated carbocycles. The monoisotopic (exact) mass is 899 g/mol. The van der Waals surface area contributed by atoms with Gasteiger partial charge in [-0.25, -0.2) is 0 Å². The predicted molar refractivity (Wildman–Crippen MR) is 295 cm³/mol. The highest BCUT2D eigenvalue weighted by Crippen LogP contribution is 2.43. The number of nitrogens with zero attached hydrogens (tertiary/aromatic N) is 2. The van der Waals surface area contributed by atoms with E-state index in [9.17, 15) is 0 Å². The van der Waals surface area contributed by atoms with Crippen LogP contribution in [0.25, 0.3) is 88.4 Å². The van der Waals surface area contributed by atoms with Gasteiger partial charge in [-0.3, -0.25) is 0 Å². The molecule has 13 aromatic rings. The summed E-state index contributed by atoms with van der Waals surface area (Å²) in [5.41, 5.74) is 11.0. The molecule has 0 radical (unpaired) electrons. The zero-order valence-electron chi connectivity index (χ0n) is 42.6. The first-order valence-electron chi connectivity index (χ1n) is 25.9. The second-order valence-corrected chi connectivity index (χ2v) is 21.4. The number of rotatable bonds is 9. The summed E-state index contributed by atoms with van der Waals surface area (Å²) in [5.74, 6) is 0. The quantitative estimate of drug-likeness (QED) is 0.101. The van der Waals surface area contributed by atoms with Crippen molar-refractivity contribution in [1.29, 1.82) is 0 Å². The van der Waals surface area contributed by atoms with Gasteiger partial charge in [0.2, 0.25) is 0 Å². The molecule has 2 nitrogen and oxygen atoms in total. The molecule has 11 aromatic carbocycles. The Hall–Kier alpha value is -8.76. The van der Waals surface area contributed by atoms with Crippen molar-refractivity contribution in [2.75, 3.05) is 0 Å². The minimum Gasteiger partial charge on any atom is -0.309 e. The Labute approximate surface area is 410 Å². The molecule has 0 aliphatic carbocycles. The van der Waals surface area contributed by atoms with Gasteiger partial charge in [0.25, 0.3) is 0 Å². The highest BCUT2D eigenvalue weighted by atomic mass is 28.3. The van der Waals surface area contributed by atoms with Crippen molar-refractivity contribution >= 4 is 72.4 Å². The van der Waals surface area contributed by atoms with Crippen LogP contribution in [-0.2, 0) is 0 Å². The van der Waals surface area contributed by atoms with E-state index in [1.165, 1.54) is 20.7 Å². The summed E-state index contributed by atoms with van der Waals surface area (Å²) in [6, 6.07) is 87.6. The van der Waals surface area contributed by atoms with Crippen molar-refractivity contribution in [2.24, 2.45) is 0 Å². The van der Waals surface area contributed by atoms with Crippen LogP contribution in [0.15, 0.2) is 279 Å². The molecule has 13 rings (SSSR count). The Kier molecular flexibility index (Phi) is 8.65. The lowest BCUT2D eigenvalue weighted by atomic mass is 9.95. The fraction of sp³-hybridized carbons (Fsp3) is 0. The van der Waals surface area contributed by atoms with Crippen LogP contribution in [0.1, 0.15) is 6.85 Å². The maximum atomic E-state index is 9.09. The first-order valence-corrected chi connectivity index (χ1v) is 25.4. The topological polar surface area (TPSA) is 9.86 Å². The van der Waals surface area contributed by atoms with Gasteiger partial charge in [0.1, 0.15) is 0 Å². The van der Waals surface area contributed by atoms with Crippen LogP contribution < -0.4 is 20.7 Å². The SMILES string of the molecule is [2H]c1c([2H])c([2H])c(-c2ccc3c(c2)c2cc(-n4c5ccccc5c5ccccc54)ccc2n3-c2c(-c3ccccc3)cc([Si](c3ccccc3)(c3ccccc3)c3ccccc3)cc2-c2ccccc2)c([2H])c1[2H]. The van der Waals surface area contributed by atoms with E-state index in [1.54, 1.807) is 0 Å². The molecule has 0 saturated heterocycles. The predicted octanol–water partition coefficient (Wildman–Crippen LogP) is 14.3. The summed E-state index contributed by atoms with van der Waals surface area (Å²) in [5, 5.41) is 9.23. The number of hydrogen-bond donors (Lipinski definition) is 0. The molecule has 2 heterocycles. The maximum absolute atomic E-state index is 9.09. The number of benzene rings is 11. The summed E-state index contributed by atoms with van der Waals surface area (Å²) < 4.78 is 48.7. The molecule has 0 N–H and O–H groups in total. The number of hydrogen-bond acceptors (Lipinski definition) is 0. The molecule has 69 heavy (non-hydrogen) atoms. The van der Waals surface area contributed by atoms with Crippen LogP contribution in [-0.4, -0.2) is 17.2 Å². The van der Waals surface area contributed by atoms with Gasteiger partial charge in [-0.2, -0.15) is 0 Å². The minimum absolute atomic E-state index is 0.167. The molecular formula is C66H46N2Si. The van der Waals surface area contributed by atoms with Gasteiger partial charge in [-0.1, -0.05) is 236 Å². The standard InChI is InChI=1S/C66H46N2Si/c1-7-23-47(24-8-1)50-39-41-64-60(43-50)61-44-51(67-62-37-21-19-35-56(62)57-36-20-22-38-63(57)67)40-42-65(61)68(64)66-58(48-25-9-2-10-26-48)45-55(46-59(66)49-27-11-3-12-28-49)69(52-29-13-4-14-30-52,53-31-15-5-16-32-53)54-33-17-6-18-34-54/h1-46H/i1D,7D,8D,23D,24D. The first-order chi connectivity index (χ1) is 36.3. The highest BCUT2D eigenvalue weighted by molar-refractivity contribution is 7.20. The fourth-order valence-corrected chi connectivity index (χ4v) is 15.8. The largest absolute Gasteiger partial charge is 0.309 e. The van der Waals surface area contributed by atoms with Gasteiger partial charge in [-0.15, -0.1) is 0 Å². The van der Waals surface area contributed by atoms with E-state index >= 15 is 0 Å². The second kappa shape index (κ2) is 16.8. The molecule has 2 aromatic heterocycles. The van der Waals surface area contributed by atoms with Crippen LogP contribution in [0.2, 0.25) is 0 Å². The van der Waals surface area contributed by atoms with E-state index in [0.717, 1.165) is 77.2 Å². The van der Waals surface area contributed by atoms with Crippen LogP contribution in [0, 0.1) is 0 Å². The number of para-hydroxylation sites is 2. The van der Waals surface area contributed by atoms with Gasteiger partial charge in [0, 0.05) is 38.4 Å². The molecule has 3 heteroatoms. The van der Waals surface area contributed by atoms with Crippen molar-refractivity contribution in [3.05, 3.63) is 279 Å². The summed E-state index contributed by atoms with van der Waals surface area (Å²) in [4.78, 5) is 0. The average molecular weight is 900 g/mol. The molecule has 0 amide bonds. The molecule has 0 atom stereocenters. The highest BCUT2D eigenvalue weighted by Gasteiger charge is 2.42. The van der Waals surface area contributed by atoms with Crippen LogP contribution in [0.4, 0.5) is 0 Å². The molecule has 0 fully saturated rings. The van der Waals surface area contributed by atoms with Crippen molar-refractivity contribution in [3.63, 3.8) is 0 Å². The van der Waals surface area contributed by atoms with E-state index in [0.29, 0.717) is 5.56 Å². The van der Waals surface area contributed by atoms with Crippen LogP contribution >= 0.6 is 0 Å². The van der Waals surface area contributed by atoms with Gasteiger partial charge in [0.05, 0.1) is 34.6 Å². The van der Waals surface area contributed by atoms with Crippen molar-refractivity contribution < 1.29 is 6.85 Å². The van der Waals surface area contributed by atoms with E-state index in [1.807, 2.05) is 12.1 Å². The van der Waals surface area contributed by atoms with Crippen molar-refractivity contribution in [2.45, 2.75) is 0 Å².